The van der Waals surface area contributed by atoms with E-state index in [-0.39, 0.29) is 6.04 Å². The molecule has 2 aliphatic heterocycles. The maximum absolute atomic E-state index is 5.55. The lowest BCUT2D eigenvalue weighted by molar-refractivity contribution is -0.0206. The maximum Gasteiger partial charge on any atom is 0.213 e. The van der Waals surface area contributed by atoms with Crippen LogP contribution in [0.5, 0.6) is 0 Å². The van der Waals surface area contributed by atoms with E-state index in [0.717, 1.165) is 44.5 Å². The van der Waals surface area contributed by atoms with Crippen LogP contribution in [0.2, 0.25) is 0 Å². The second-order valence-corrected chi connectivity index (χ2v) is 5.09. The second-order valence-electron chi connectivity index (χ2n) is 5.09. The van der Waals surface area contributed by atoms with Gasteiger partial charge < -0.3 is 14.6 Å². The number of aromatic nitrogens is 2. The predicted molar refractivity (Wildman–Crippen MR) is 65.0 cm³/mol. The van der Waals surface area contributed by atoms with Crippen LogP contribution in [0.15, 0.2) is 10.9 Å². The number of hydrogen-bond donors (Lipinski definition) is 1. The summed E-state index contributed by atoms with van der Waals surface area (Å²) >= 11 is 0. The van der Waals surface area contributed by atoms with Crippen LogP contribution in [0, 0.1) is 5.92 Å². The Morgan fingerprint density at radius 3 is 3.28 bits per heavy atom. The Hall–Kier alpha value is -0.980. The van der Waals surface area contributed by atoms with Crippen LogP contribution in [-0.2, 0) is 4.74 Å². The fourth-order valence-electron chi connectivity index (χ4n) is 2.83. The number of ether oxygens (including phenoxy) is 1. The predicted octanol–water partition coefficient (Wildman–Crippen LogP) is 0.443. The lowest BCUT2D eigenvalue weighted by Gasteiger charge is -2.37. The van der Waals surface area contributed by atoms with Crippen molar-refractivity contribution in [2.75, 3.05) is 39.4 Å². The number of nitrogens with zero attached hydrogens (tertiary/aromatic N) is 3. The van der Waals surface area contributed by atoms with E-state index in [1.807, 2.05) is 0 Å². The van der Waals surface area contributed by atoms with Gasteiger partial charge in [-0.2, -0.15) is 4.98 Å². The van der Waals surface area contributed by atoms with Crippen LogP contribution in [0.25, 0.3) is 0 Å². The molecule has 18 heavy (non-hydrogen) atoms. The molecule has 0 spiro atoms. The Morgan fingerprint density at radius 2 is 2.50 bits per heavy atom. The molecule has 0 amide bonds. The fourth-order valence-corrected chi connectivity index (χ4v) is 2.83. The summed E-state index contributed by atoms with van der Waals surface area (Å²) in [7, 11) is 0. The van der Waals surface area contributed by atoms with Crippen LogP contribution in [-0.4, -0.2) is 54.4 Å². The van der Waals surface area contributed by atoms with E-state index in [2.05, 4.69) is 20.4 Å². The average molecular weight is 252 g/mol. The van der Waals surface area contributed by atoms with Gasteiger partial charge in [-0.3, -0.25) is 4.90 Å². The van der Waals surface area contributed by atoms with Crippen LogP contribution >= 0.6 is 0 Å². The molecular weight excluding hydrogens is 232 g/mol. The highest BCUT2D eigenvalue weighted by atomic mass is 16.5. The first-order valence-corrected chi connectivity index (χ1v) is 6.72. The standard InChI is InChI=1S/C12H20N4O2/c1-2-10(6-13-3-1)7-16-4-5-17-8-11(16)12-14-9-18-15-12/h9-11,13H,1-8H2. The largest absolute Gasteiger partial charge is 0.378 e. The molecule has 0 aliphatic carbocycles. The highest BCUT2D eigenvalue weighted by Crippen LogP contribution is 2.23. The lowest BCUT2D eigenvalue weighted by Crippen LogP contribution is -2.45. The first-order valence-electron chi connectivity index (χ1n) is 6.72. The molecule has 2 unspecified atom stereocenters. The van der Waals surface area contributed by atoms with E-state index in [9.17, 15) is 0 Å². The van der Waals surface area contributed by atoms with Gasteiger partial charge in [0.05, 0.1) is 19.3 Å². The van der Waals surface area contributed by atoms with Crippen molar-refractivity contribution in [3.05, 3.63) is 12.2 Å². The van der Waals surface area contributed by atoms with Crippen molar-refractivity contribution in [2.45, 2.75) is 18.9 Å². The Morgan fingerprint density at radius 1 is 1.50 bits per heavy atom. The van der Waals surface area contributed by atoms with E-state index in [1.54, 1.807) is 0 Å². The van der Waals surface area contributed by atoms with Gasteiger partial charge in [-0.15, -0.1) is 0 Å². The fraction of sp³-hybridized carbons (Fsp3) is 0.833. The molecule has 2 fully saturated rings. The zero-order valence-corrected chi connectivity index (χ0v) is 10.5. The summed E-state index contributed by atoms with van der Waals surface area (Å²) in [6, 6.07) is 0.152. The van der Waals surface area contributed by atoms with Gasteiger partial charge in [0.1, 0.15) is 0 Å². The van der Waals surface area contributed by atoms with Gasteiger partial charge in [-0.05, 0) is 31.8 Å². The Labute approximate surface area is 107 Å². The first-order chi connectivity index (χ1) is 8.93. The molecule has 100 valence electrons. The van der Waals surface area contributed by atoms with Crippen molar-refractivity contribution in [3.8, 4) is 0 Å². The molecular formula is C12H20N4O2. The summed E-state index contributed by atoms with van der Waals surface area (Å²) in [5, 5.41) is 7.43. The van der Waals surface area contributed by atoms with Crippen molar-refractivity contribution < 1.29 is 9.26 Å². The summed E-state index contributed by atoms with van der Waals surface area (Å²) in [5.74, 6) is 1.48. The van der Waals surface area contributed by atoms with E-state index >= 15 is 0 Å². The normalized spacial score (nSPS) is 30.4. The summed E-state index contributed by atoms with van der Waals surface area (Å²) in [5.41, 5.74) is 0. The third-order valence-corrected chi connectivity index (χ3v) is 3.81. The van der Waals surface area contributed by atoms with Gasteiger partial charge in [-0.25, -0.2) is 0 Å². The van der Waals surface area contributed by atoms with Gasteiger partial charge in [0.25, 0.3) is 0 Å². The number of hydrogen-bond acceptors (Lipinski definition) is 6. The van der Waals surface area contributed by atoms with Gasteiger partial charge in [-0.1, -0.05) is 5.16 Å². The minimum Gasteiger partial charge on any atom is -0.378 e. The molecule has 1 aromatic heterocycles. The average Bonchev–Trinajstić information content (AvgIpc) is 2.94. The molecule has 1 aromatic rings. The highest BCUT2D eigenvalue weighted by Gasteiger charge is 2.29. The van der Waals surface area contributed by atoms with Crippen molar-refractivity contribution in [1.29, 1.82) is 0 Å². The quantitative estimate of drug-likeness (QED) is 0.842. The van der Waals surface area contributed by atoms with Crippen LogP contribution in [0.1, 0.15) is 24.7 Å². The molecule has 0 saturated carbocycles. The molecule has 0 radical (unpaired) electrons. The molecule has 0 bridgehead atoms. The number of rotatable bonds is 3. The first kappa shape index (κ1) is 12.1. The van der Waals surface area contributed by atoms with Crippen LogP contribution < -0.4 is 5.32 Å². The van der Waals surface area contributed by atoms with Crippen molar-refractivity contribution >= 4 is 0 Å². The van der Waals surface area contributed by atoms with E-state index < -0.39 is 0 Å². The van der Waals surface area contributed by atoms with E-state index in [0.29, 0.717) is 6.61 Å². The van der Waals surface area contributed by atoms with Gasteiger partial charge in [0.15, 0.2) is 5.82 Å². The smallest absolute Gasteiger partial charge is 0.213 e. The van der Waals surface area contributed by atoms with Crippen LogP contribution in [0.3, 0.4) is 0 Å². The topological polar surface area (TPSA) is 63.4 Å². The molecule has 6 heteroatoms. The Kier molecular flexibility index (Phi) is 3.87. The molecule has 2 saturated heterocycles. The zero-order valence-electron chi connectivity index (χ0n) is 10.5. The Bertz CT molecular complexity index is 351. The molecule has 1 N–H and O–H groups in total. The zero-order chi connectivity index (χ0) is 12.2. The van der Waals surface area contributed by atoms with Gasteiger partial charge in [0.2, 0.25) is 6.39 Å². The van der Waals surface area contributed by atoms with Crippen molar-refractivity contribution in [1.82, 2.24) is 20.4 Å². The lowest BCUT2D eigenvalue weighted by atomic mass is 9.98. The molecule has 3 rings (SSSR count). The Balaban J connectivity index is 1.64. The number of nitrogens with one attached hydrogen (secondary N) is 1. The number of morpholine rings is 1. The SMILES string of the molecule is c1nc(C2COCCN2CC2CCCNC2)no1. The van der Waals surface area contributed by atoms with E-state index in [1.165, 1.54) is 19.2 Å². The van der Waals surface area contributed by atoms with Crippen LogP contribution in [0.4, 0.5) is 0 Å². The third kappa shape index (κ3) is 2.71. The van der Waals surface area contributed by atoms with Gasteiger partial charge >= 0.3 is 0 Å². The number of piperidine rings is 1. The summed E-state index contributed by atoms with van der Waals surface area (Å²) in [4.78, 5) is 6.60. The highest BCUT2D eigenvalue weighted by molar-refractivity contribution is 4.94. The molecule has 3 heterocycles. The monoisotopic (exact) mass is 252 g/mol. The summed E-state index contributed by atoms with van der Waals surface area (Å²) < 4.78 is 10.4. The molecule has 0 aromatic carbocycles. The minimum absolute atomic E-state index is 0.152. The minimum atomic E-state index is 0.152. The second kappa shape index (κ2) is 5.77. The van der Waals surface area contributed by atoms with E-state index in [4.69, 9.17) is 9.26 Å². The van der Waals surface area contributed by atoms with Crippen molar-refractivity contribution in [3.63, 3.8) is 0 Å². The summed E-state index contributed by atoms with van der Waals surface area (Å²) in [6.07, 6.45) is 3.98. The third-order valence-electron chi connectivity index (χ3n) is 3.81. The summed E-state index contributed by atoms with van der Waals surface area (Å²) in [6.45, 7) is 5.80. The van der Waals surface area contributed by atoms with Gasteiger partial charge in [0, 0.05) is 13.1 Å². The molecule has 6 nitrogen and oxygen atoms in total. The van der Waals surface area contributed by atoms with Crippen molar-refractivity contribution in [2.24, 2.45) is 5.92 Å². The molecule has 2 aliphatic rings. The molecule has 2 atom stereocenters. The maximum atomic E-state index is 5.55.